The van der Waals surface area contributed by atoms with Gasteiger partial charge in [-0.1, -0.05) is 12.8 Å². The first-order chi connectivity index (χ1) is 16.5. The van der Waals surface area contributed by atoms with Crippen molar-refractivity contribution >= 4 is 33.4 Å². The Morgan fingerprint density at radius 2 is 1.85 bits per heavy atom. The van der Waals surface area contributed by atoms with E-state index < -0.39 is 0 Å². The zero-order valence-corrected chi connectivity index (χ0v) is 21.3. The molecular formula is C25H37N5O3S. The monoisotopic (exact) mass is 487 g/mol. The molecule has 8 nitrogen and oxygen atoms in total. The van der Waals surface area contributed by atoms with Crippen molar-refractivity contribution in [1.82, 2.24) is 24.7 Å². The number of rotatable bonds is 7. The lowest BCUT2D eigenvalue weighted by molar-refractivity contribution is -0.135. The molecule has 1 N–H and O–H groups in total. The number of nitrogens with zero attached hydrogens (tertiary/aromatic N) is 4. The summed E-state index contributed by atoms with van der Waals surface area (Å²) in [6.45, 7) is 8.51. The number of likely N-dealkylation sites (tertiary alicyclic amines) is 2. The number of fused-ring (bicyclic) bond motifs is 1. The van der Waals surface area contributed by atoms with Gasteiger partial charge in [-0.2, -0.15) is 0 Å². The number of hydrogen-bond acceptors (Lipinski definition) is 6. The van der Waals surface area contributed by atoms with Gasteiger partial charge >= 0.3 is 0 Å². The molecule has 1 atom stereocenters. The fraction of sp³-hybridized carbons (Fsp3) is 0.680. The summed E-state index contributed by atoms with van der Waals surface area (Å²) in [7, 11) is 0. The molecule has 0 radical (unpaired) electrons. The van der Waals surface area contributed by atoms with E-state index in [0.29, 0.717) is 27.2 Å². The predicted molar refractivity (Wildman–Crippen MR) is 136 cm³/mol. The summed E-state index contributed by atoms with van der Waals surface area (Å²) >= 11 is 1.25. The molecular weight excluding hydrogens is 450 g/mol. The maximum absolute atomic E-state index is 13.2. The van der Waals surface area contributed by atoms with Crippen molar-refractivity contribution in [3.63, 3.8) is 0 Å². The number of amides is 2. The Morgan fingerprint density at radius 3 is 2.59 bits per heavy atom. The average molecular weight is 488 g/mol. The Bertz CT molecular complexity index is 1070. The normalized spacial score (nSPS) is 19.8. The molecule has 2 amide bonds. The SMILES string of the molecule is Cc1c(C(=O)NCCCN2CCCCCC2)sc2ncn(CC(=O)N3CCCCC3C)c(=O)c12. The van der Waals surface area contributed by atoms with Gasteiger partial charge in [-0.05, 0) is 77.6 Å². The number of carbonyl (C=O) groups is 2. The highest BCUT2D eigenvalue weighted by atomic mass is 32.1. The molecule has 0 aromatic carbocycles. The van der Waals surface area contributed by atoms with Crippen molar-refractivity contribution < 1.29 is 9.59 Å². The van der Waals surface area contributed by atoms with Crippen LogP contribution in [0.5, 0.6) is 0 Å². The minimum Gasteiger partial charge on any atom is -0.351 e. The quantitative estimate of drug-likeness (QED) is 0.606. The van der Waals surface area contributed by atoms with Crippen molar-refractivity contribution in [2.45, 2.75) is 77.8 Å². The van der Waals surface area contributed by atoms with E-state index in [1.807, 2.05) is 4.90 Å². The third-order valence-electron chi connectivity index (χ3n) is 7.19. The Hall–Kier alpha value is -2.26. The number of aromatic nitrogens is 2. The van der Waals surface area contributed by atoms with Crippen LogP contribution in [0.25, 0.3) is 10.2 Å². The Labute approximate surface area is 205 Å². The van der Waals surface area contributed by atoms with Gasteiger partial charge in [0.15, 0.2) is 0 Å². The lowest BCUT2D eigenvalue weighted by Crippen LogP contribution is -2.44. The first-order valence-electron chi connectivity index (χ1n) is 12.7. The van der Waals surface area contributed by atoms with Crippen molar-refractivity contribution in [2.75, 3.05) is 32.7 Å². The smallest absolute Gasteiger partial charge is 0.262 e. The molecule has 0 bridgehead atoms. The van der Waals surface area contributed by atoms with E-state index in [4.69, 9.17) is 0 Å². The maximum Gasteiger partial charge on any atom is 0.262 e. The minimum absolute atomic E-state index is 0.0145. The number of nitrogens with one attached hydrogen (secondary N) is 1. The van der Waals surface area contributed by atoms with E-state index in [0.717, 1.165) is 51.9 Å². The molecule has 4 rings (SSSR count). The fourth-order valence-corrected chi connectivity index (χ4v) is 6.19. The van der Waals surface area contributed by atoms with Crippen LogP contribution in [-0.4, -0.2) is 69.9 Å². The molecule has 2 saturated heterocycles. The van der Waals surface area contributed by atoms with Crippen LogP contribution in [0.1, 0.15) is 73.5 Å². The Balaban J connectivity index is 1.39. The van der Waals surface area contributed by atoms with E-state index in [9.17, 15) is 14.4 Å². The molecule has 2 aliphatic rings. The standard InChI is InChI=1S/C25H37N5O3S/c1-18-10-5-8-15-30(18)20(31)16-29-17-27-24-21(25(29)33)19(2)22(34-24)23(32)26-11-9-14-28-12-6-3-4-7-13-28/h17-18H,3-16H2,1-2H3,(H,26,32). The Morgan fingerprint density at radius 1 is 1.12 bits per heavy atom. The molecule has 34 heavy (non-hydrogen) atoms. The summed E-state index contributed by atoms with van der Waals surface area (Å²) in [5.41, 5.74) is 0.396. The number of hydrogen-bond donors (Lipinski definition) is 1. The van der Waals surface area contributed by atoms with E-state index in [1.54, 1.807) is 6.92 Å². The van der Waals surface area contributed by atoms with Gasteiger partial charge in [0.2, 0.25) is 5.91 Å². The molecule has 2 fully saturated rings. The van der Waals surface area contributed by atoms with Crippen molar-refractivity contribution in [1.29, 1.82) is 0 Å². The average Bonchev–Trinajstić information content (AvgIpc) is 2.98. The molecule has 186 valence electrons. The molecule has 0 saturated carbocycles. The number of aryl methyl sites for hydroxylation is 1. The van der Waals surface area contributed by atoms with E-state index in [-0.39, 0.29) is 30.0 Å². The van der Waals surface area contributed by atoms with Gasteiger partial charge in [0.1, 0.15) is 11.4 Å². The molecule has 9 heteroatoms. The first-order valence-corrected chi connectivity index (χ1v) is 13.6. The molecule has 2 aromatic rings. The highest BCUT2D eigenvalue weighted by Gasteiger charge is 2.25. The summed E-state index contributed by atoms with van der Waals surface area (Å²) < 4.78 is 1.38. The van der Waals surface area contributed by atoms with Gasteiger partial charge in [0.25, 0.3) is 11.5 Å². The molecule has 2 aromatic heterocycles. The molecule has 2 aliphatic heterocycles. The zero-order chi connectivity index (χ0) is 24.1. The predicted octanol–water partition coefficient (Wildman–Crippen LogP) is 3.16. The van der Waals surface area contributed by atoms with E-state index in [1.165, 1.54) is 47.9 Å². The van der Waals surface area contributed by atoms with Crippen molar-refractivity contribution in [3.8, 4) is 0 Å². The third kappa shape index (κ3) is 5.68. The lowest BCUT2D eigenvalue weighted by Gasteiger charge is -2.33. The summed E-state index contributed by atoms with van der Waals surface area (Å²) in [5.74, 6) is -0.203. The third-order valence-corrected chi connectivity index (χ3v) is 8.39. The van der Waals surface area contributed by atoms with Gasteiger partial charge in [0.05, 0.1) is 16.6 Å². The van der Waals surface area contributed by atoms with Crippen molar-refractivity contribution in [3.05, 3.63) is 27.1 Å². The molecule has 0 aliphatic carbocycles. The van der Waals surface area contributed by atoms with Gasteiger partial charge in [0, 0.05) is 19.1 Å². The summed E-state index contributed by atoms with van der Waals surface area (Å²) in [6.07, 6.45) is 10.7. The highest BCUT2D eigenvalue weighted by molar-refractivity contribution is 7.20. The van der Waals surface area contributed by atoms with Gasteiger partial charge < -0.3 is 15.1 Å². The van der Waals surface area contributed by atoms with Crippen LogP contribution in [0.15, 0.2) is 11.1 Å². The van der Waals surface area contributed by atoms with Gasteiger partial charge in [-0.15, -0.1) is 11.3 Å². The number of thiophene rings is 1. The van der Waals surface area contributed by atoms with Crippen LogP contribution in [-0.2, 0) is 11.3 Å². The van der Waals surface area contributed by atoms with Crippen LogP contribution in [0, 0.1) is 6.92 Å². The second-order valence-corrected chi connectivity index (χ2v) is 10.7. The van der Waals surface area contributed by atoms with E-state index >= 15 is 0 Å². The summed E-state index contributed by atoms with van der Waals surface area (Å²) in [4.78, 5) is 48.7. The molecule has 4 heterocycles. The number of carbonyl (C=O) groups excluding carboxylic acids is 2. The second kappa shape index (κ2) is 11.4. The summed E-state index contributed by atoms with van der Waals surface area (Å²) in [6, 6.07) is 0.200. The first kappa shape index (κ1) is 24.9. The fourth-order valence-electron chi connectivity index (χ4n) is 5.14. The van der Waals surface area contributed by atoms with Crippen LogP contribution in [0.4, 0.5) is 0 Å². The van der Waals surface area contributed by atoms with Crippen LogP contribution < -0.4 is 10.9 Å². The van der Waals surface area contributed by atoms with Crippen LogP contribution >= 0.6 is 11.3 Å². The highest BCUT2D eigenvalue weighted by Crippen LogP contribution is 2.27. The lowest BCUT2D eigenvalue weighted by atomic mass is 10.0. The largest absolute Gasteiger partial charge is 0.351 e. The van der Waals surface area contributed by atoms with Crippen LogP contribution in [0.2, 0.25) is 0 Å². The topological polar surface area (TPSA) is 87.5 Å². The van der Waals surface area contributed by atoms with Crippen LogP contribution in [0.3, 0.4) is 0 Å². The zero-order valence-electron chi connectivity index (χ0n) is 20.5. The van der Waals surface area contributed by atoms with Gasteiger partial charge in [-0.3, -0.25) is 19.0 Å². The van der Waals surface area contributed by atoms with Crippen molar-refractivity contribution in [2.24, 2.45) is 0 Å². The Kier molecular flexibility index (Phi) is 8.37. The maximum atomic E-state index is 13.2. The second-order valence-electron chi connectivity index (χ2n) is 9.71. The summed E-state index contributed by atoms with van der Waals surface area (Å²) in [5, 5.41) is 3.46. The molecule has 1 unspecified atom stereocenters. The molecule has 0 spiro atoms. The number of piperidine rings is 1. The van der Waals surface area contributed by atoms with E-state index in [2.05, 4.69) is 22.1 Å². The minimum atomic E-state index is -0.253. The van der Waals surface area contributed by atoms with Gasteiger partial charge in [-0.25, -0.2) is 4.98 Å².